The Hall–Kier alpha value is -1.89. The number of aryl methyl sites for hydroxylation is 1. The van der Waals surface area contributed by atoms with Crippen LogP contribution in [0.15, 0.2) is 53.4 Å². The van der Waals surface area contributed by atoms with Gasteiger partial charge in [-0.15, -0.1) is 12.4 Å². The van der Waals surface area contributed by atoms with Crippen LogP contribution in [0.1, 0.15) is 43.5 Å². The second-order valence-electron chi connectivity index (χ2n) is 7.03. The van der Waals surface area contributed by atoms with E-state index in [0.29, 0.717) is 5.56 Å². The molecule has 0 aromatic heterocycles. The van der Waals surface area contributed by atoms with Crippen molar-refractivity contribution in [2.75, 3.05) is 6.26 Å². The maximum Gasteiger partial charge on any atom is 0.225 e. The smallest absolute Gasteiger partial charge is 0.225 e. The van der Waals surface area contributed by atoms with Crippen molar-refractivity contribution in [2.24, 2.45) is 11.7 Å². The average molecular weight is 425 g/mol. The minimum absolute atomic E-state index is 0. The van der Waals surface area contributed by atoms with Gasteiger partial charge >= 0.3 is 0 Å². The highest BCUT2D eigenvalue weighted by molar-refractivity contribution is 7.90. The number of carbonyl (C=O) groups is 1. The van der Waals surface area contributed by atoms with E-state index in [-0.39, 0.29) is 35.2 Å². The highest BCUT2D eigenvalue weighted by Gasteiger charge is 2.23. The third kappa shape index (κ3) is 6.06. The first-order valence-electron chi connectivity index (χ1n) is 9.08. The van der Waals surface area contributed by atoms with E-state index in [0.717, 1.165) is 12.0 Å². The van der Waals surface area contributed by atoms with Crippen LogP contribution in [0, 0.1) is 5.92 Å². The molecule has 0 bridgehead atoms. The highest BCUT2D eigenvalue weighted by atomic mass is 35.5. The number of carbonyl (C=O) groups excluding carboxylic acids is 1. The van der Waals surface area contributed by atoms with Gasteiger partial charge in [-0.25, -0.2) is 8.42 Å². The van der Waals surface area contributed by atoms with Gasteiger partial charge in [0.25, 0.3) is 0 Å². The number of amides is 1. The summed E-state index contributed by atoms with van der Waals surface area (Å²) in [6.07, 6.45) is 2.09. The summed E-state index contributed by atoms with van der Waals surface area (Å²) in [6, 6.07) is 13.9. The Morgan fingerprint density at radius 1 is 1.07 bits per heavy atom. The number of nitrogens with one attached hydrogen (secondary N) is 1. The number of benzene rings is 2. The second-order valence-corrected chi connectivity index (χ2v) is 9.04. The van der Waals surface area contributed by atoms with Crippen molar-refractivity contribution in [2.45, 2.75) is 44.2 Å². The summed E-state index contributed by atoms with van der Waals surface area (Å²) < 4.78 is 23.9. The number of hydrogen-bond acceptors (Lipinski definition) is 4. The molecule has 0 saturated heterocycles. The zero-order chi connectivity index (χ0) is 20.2. The Labute approximate surface area is 174 Å². The van der Waals surface area contributed by atoms with E-state index in [4.69, 9.17) is 5.73 Å². The van der Waals surface area contributed by atoms with Gasteiger partial charge in [-0.2, -0.15) is 0 Å². The van der Waals surface area contributed by atoms with Gasteiger partial charge in [0.2, 0.25) is 5.91 Å². The molecule has 0 fully saturated rings. The molecule has 0 aliphatic heterocycles. The van der Waals surface area contributed by atoms with Crippen molar-refractivity contribution in [3.05, 3.63) is 65.2 Å². The Bertz CT molecular complexity index is 896. The highest BCUT2D eigenvalue weighted by Crippen LogP contribution is 2.25. The lowest BCUT2D eigenvalue weighted by molar-refractivity contribution is -0.125. The van der Waals surface area contributed by atoms with E-state index in [2.05, 4.69) is 12.2 Å². The SMILES string of the molecule is CCc1ccc(C(NC(=O)C(C)C(C)N)c2cccc(S(C)(=O)=O)c2)cc1.Cl. The fourth-order valence-corrected chi connectivity index (χ4v) is 3.42. The lowest BCUT2D eigenvalue weighted by Gasteiger charge is -2.24. The van der Waals surface area contributed by atoms with Crippen LogP contribution in [0.5, 0.6) is 0 Å². The van der Waals surface area contributed by atoms with E-state index in [9.17, 15) is 13.2 Å². The molecule has 0 aliphatic rings. The van der Waals surface area contributed by atoms with Crippen molar-refractivity contribution < 1.29 is 13.2 Å². The Balaban J connectivity index is 0.00000392. The first-order chi connectivity index (χ1) is 12.6. The molecule has 0 heterocycles. The van der Waals surface area contributed by atoms with E-state index in [1.807, 2.05) is 30.3 Å². The Kier molecular flexibility index (Phi) is 8.67. The molecule has 7 heteroatoms. The maximum absolute atomic E-state index is 12.6. The minimum Gasteiger partial charge on any atom is -0.345 e. The first kappa shape index (κ1) is 24.1. The van der Waals surface area contributed by atoms with Gasteiger partial charge in [0.05, 0.1) is 10.9 Å². The van der Waals surface area contributed by atoms with Crippen LogP contribution >= 0.6 is 12.4 Å². The number of rotatable bonds is 7. The van der Waals surface area contributed by atoms with E-state index in [1.165, 1.54) is 11.8 Å². The van der Waals surface area contributed by atoms with Crippen molar-refractivity contribution in [1.29, 1.82) is 0 Å². The molecule has 0 aliphatic carbocycles. The number of nitrogens with two attached hydrogens (primary N) is 1. The molecule has 28 heavy (non-hydrogen) atoms. The molecule has 5 nitrogen and oxygen atoms in total. The predicted molar refractivity (Wildman–Crippen MR) is 115 cm³/mol. The quantitative estimate of drug-likeness (QED) is 0.713. The lowest BCUT2D eigenvalue weighted by atomic mass is 9.95. The van der Waals surface area contributed by atoms with Crippen LogP contribution in [0.3, 0.4) is 0 Å². The maximum atomic E-state index is 12.6. The second kappa shape index (κ2) is 10.0. The fourth-order valence-electron chi connectivity index (χ4n) is 2.74. The third-order valence-corrected chi connectivity index (χ3v) is 5.94. The monoisotopic (exact) mass is 424 g/mol. The Morgan fingerprint density at radius 3 is 2.18 bits per heavy atom. The number of hydrogen-bond donors (Lipinski definition) is 2. The topological polar surface area (TPSA) is 89.3 Å². The van der Waals surface area contributed by atoms with Gasteiger partial charge < -0.3 is 11.1 Å². The van der Waals surface area contributed by atoms with Gasteiger partial charge in [0.15, 0.2) is 9.84 Å². The lowest BCUT2D eigenvalue weighted by Crippen LogP contribution is -2.40. The summed E-state index contributed by atoms with van der Waals surface area (Å²) in [5, 5.41) is 3.03. The summed E-state index contributed by atoms with van der Waals surface area (Å²) in [5.41, 5.74) is 8.67. The first-order valence-corrected chi connectivity index (χ1v) is 11.0. The Morgan fingerprint density at radius 2 is 1.68 bits per heavy atom. The minimum atomic E-state index is -3.34. The van der Waals surface area contributed by atoms with E-state index >= 15 is 0 Å². The van der Waals surface area contributed by atoms with Crippen LogP contribution in [0.25, 0.3) is 0 Å². The fraction of sp³-hybridized carbons (Fsp3) is 0.381. The average Bonchev–Trinajstić information content (AvgIpc) is 2.64. The molecule has 2 aromatic carbocycles. The van der Waals surface area contributed by atoms with Crippen LogP contribution in [-0.2, 0) is 21.1 Å². The normalized spacial score (nSPS) is 14.5. The van der Waals surface area contributed by atoms with Gasteiger partial charge in [0, 0.05) is 18.2 Å². The van der Waals surface area contributed by atoms with Crippen LogP contribution in [0.4, 0.5) is 0 Å². The third-order valence-electron chi connectivity index (χ3n) is 4.83. The molecular formula is C21H29ClN2O3S. The van der Waals surface area contributed by atoms with Crippen LogP contribution < -0.4 is 11.1 Å². The molecule has 2 aromatic rings. The molecule has 1 amide bonds. The summed E-state index contributed by atoms with van der Waals surface area (Å²) >= 11 is 0. The van der Waals surface area contributed by atoms with Gasteiger partial charge in [-0.3, -0.25) is 4.79 Å². The van der Waals surface area contributed by atoms with Gasteiger partial charge in [0.1, 0.15) is 0 Å². The number of sulfone groups is 1. The van der Waals surface area contributed by atoms with Crippen LogP contribution in [0.2, 0.25) is 0 Å². The summed E-state index contributed by atoms with van der Waals surface area (Å²) in [7, 11) is -3.34. The molecule has 3 N–H and O–H groups in total. The molecule has 0 saturated carbocycles. The standard InChI is InChI=1S/C21H28N2O3S.ClH/c1-5-16-9-11-17(12-10-16)20(23-21(24)14(2)15(3)22)18-7-6-8-19(13-18)27(4,25)26;/h6-15,20H,5,22H2,1-4H3,(H,23,24);1H. The van der Waals surface area contributed by atoms with Crippen molar-refractivity contribution in [3.63, 3.8) is 0 Å². The van der Waals surface area contributed by atoms with E-state index < -0.39 is 15.9 Å². The molecule has 3 unspecified atom stereocenters. The van der Waals surface area contributed by atoms with Gasteiger partial charge in [-0.05, 0) is 42.2 Å². The zero-order valence-corrected chi connectivity index (χ0v) is 18.3. The van der Waals surface area contributed by atoms with E-state index in [1.54, 1.807) is 32.0 Å². The van der Waals surface area contributed by atoms with Crippen molar-refractivity contribution in [3.8, 4) is 0 Å². The zero-order valence-electron chi connectivity index (χ0n) is 16.7. The molecule has 0 radical (unpaired) electrons. The molecular weight excluding hydrogens is 396 g/mol. The molecule has 0 spiro atoms. The molecule has 154 valence electrons. The van der Waals surface area contributed by atoms with Crippen molar-refractivity contribution >= 4 is 28.2 Å². The predicted octanol–water partition coefficient (Wildman–Crippen LogP) is 3.26. The molecule has 2 rings (SSSR count). The largest absolute Gasteiger partial charge is 0.345 e. The summed E-state index contributed by atoms with van der Waals surface area (Å²) in [5.74, 6) is -0.528. The summed E-state index contributed by atoms with van der Waals surface area (Å²) in [6.45, 7) is 5.65. The summed E-state index contributed by atoms with van der Waals surface area (Å²) in [4.78, 5) is 12.9. The van der Waals surface area contributed by atoms with Crippen LogP contribution in [-0.4, -0.2) is 26.6 Å². The number of halogens is 1. The molecule has 3 atom stereocenters. The van der Waals surface area contributed by atoms with Crippen molar-refractivity contribution in [1.82, 2.24) is 5.32 Å². The van der Waals surface area contributed by atoms with Gasteiger partial charge in [-0.1, -0.05) is 50.2 Å².